The predicted molar refractivity (Wildman–Crippen MR) is 44.2 cm³/mol. The summed E-state index contributed by atoms with van der Waals surface area (Å²) >= 11 is 0. The number of ether oxygens (including phenoxy) is 4. The van der Waals surface area contributed by atoms with Gasteiger partial charge in [-0.25, -0.2) is 0 Å². The van der Waals surface area contributed by atoms with Crippen molar-refractivity contribution in [1.29, 1.82) is 0 Å². The molecule has 2 N–H and O–H groups in total. The Morgan fingerprint density at radius 2 is 2.08 bits per heavy atom. The smallest absolute Gasteiger partial charge is 0.174 e. The van der Waals surface area contributed by atoms with Gasteiger partial charge in [0, 0.05) is 14.2 Å². The molecule has 4 unspecified atom stereocenters. The van der Waals surface area contributed by atoms with Gasteiger partial charge in [0.15, 0.2) is 5.72 Å². The standard InChI is InChI=1S/C8H15NO4/c1-10-5-3-13-8(9)6(11-2)4-12-7(5)8/h5-7H,3-4,9H2,1-2H3. The van der Waals surface area contributed by atoms with Crippen molar-refractivity contribution >= 4 is 0 Å². The normalized spacial score (nSPS) is 49.6. The van der Waals surface area contributed by atoms with Crippen molar-refractivity contribution in [3.05, 3.63) is 0 Å². The molecule has 2 aliphatic rings. The highest BCUT2D eigenvalue weighted by molar-refractivity contribution is 5.04. The number of hydrogen-bond acceptors (Lipinski definition) is 5. The number of fused-ring (bicyclic) bond motifs is 1. The summed E-state index contributed by atoms with van der Waals surface area (Å²) in [6.07, 6.45) is -0.481. The molecule has 4 atom stereocenters. The van der Waals surface area contributed by atoms with Crippen molar-refractivity contribution in [2.75, 3.05) is 27.4 Å². The summed E-state index contributed by atoms with van der Waals surface area (Å²) < 4.78 is 21.3. The fraction of sp³-hybridized carbons (Fsp3) is 1.00. The molecule has 76 valence electrons. The summed E-state index contributed by atoms with van der Waals surface area (Å²) in [5, 5.41) is 0. The first-order chi connectivity index (χ1) is 6.22. The van der Waals surface area contributed by atoms with E-state index in [2.05, 4.69) is 0 Å². The van der Waals surface area contributed by atoms with Crippen molar-refractivity contribution in [3.63, 3.8) is 0 Å². The van der Waals surface area contributed by atoms with Crippen molar-refractivity contribution in [1.82, 2.24) is 0 Å². The molecule has 2 rings (SSSR count). The van der Waals surface area contributed by atoms with Gasteiger partial charge in [-0.15, -0.1) is 0 Å². The number of rotatable bonds is 2. The molecular formula is C8H15NO4. The third-order valence-electron chi connectivity index (χ3n) is 2.80. The lowest BCUT2D eigenvalue weighted by atomic mass is 10.0. The maximum absolute atomic E-state index is 6.03. The van der Waals surface area contributed by atoms with E-state index < -0.39 is 5.72 Å². The predicted octanol–water partition coefficient (Wildman–Crippen LogP) is -0.900. The molecule has 0 aromatic carbocycles. The molecule has 2 heterocycles. The van der Waals surface area contributed by atoms with Gasteiger partial charge in [-0.3, -0.25) is 5.73 Å². The Morgan fingerprint density at radius 3 is 2.69 bits per heavy atom. The van der Waals surface area contributed by atoms with Crippen LogP contribution in [0.4, 0.5) is 0 Å². The lowest BCUT2D eigenvalue weighted by Gasteiger charge is -2.27. The first-order valence-electron chi connectivity index (χ1n) is 4.32. The number of hydrogen-bond donors (Lipinski definition) is 1. The summed E-state index contributed by atoms with van der Waals surface area (Å²) in [5.74, 6) is 0. The minimum absolute atomic E-state index is 0.0786. The molecule has 0 radical (unpaired) electrons. The largest absolute Gasteiger partial charge is 0.376 e. The summed E-state index contributed by atoms with van der Waals surface area (Å²) in [7, 11) is 3.23. The molecule has 2 fully saturated rings. The van der Waals surface area contributed by atoms with E-state index in [1.54, 1.807) is 14.2 Å². The highest BCUT2D eigenvalue weighted by Crippen LogP contribution is 2.35. The van der Waals surface area contributed by atoms with Crippen LogP contribution in [-0.2, 0) is 18.9 Å². The first-order valence-corrected chi connectivity index (χ1v) is 4.32. The molecule has 0 bridgehead atoms. The second-order valence-corrected chi connectivity index (χ2v) is 3.42. The first kappa shape index (κ1) is 9.36. The molecule has 0 aromatic rings. The molecule has 0 saturated carbocycles. The van der Waals surface area contributed by atoms with Crippen molar-refractivity contribution in [2.24, 2.45) is 5.73 Å². The monoisotopic (exact) mass is 189 g/mol. The minimum Gasteiger partial charge on any atom is -0.376 e. The SMILES string of the molecule is COC1COC2(N)C(OC)COC12. The van der Waals surface area contributed by atoms with E-state index in [0.29, 0.717) is 13.2 Å². The Labute approximate surface area is 77.1 Å². The van der Waals surface area contributed by atoms with E-state index in [1.807, 2.05) is 0 Å². The zero-order chi connectivity index (χ0) is 9.47. The second-order valence-electron chi connectivity index (χ2n) is 3.42. The van der Waals surface area contributed by atoms with Crippen molar-refractivity contribution < 1.29 is 18.9 Å². The average molecular weight is 189 g/mol. The van der Waals surface area contributed by atoms with Crippen LogP contribution in [0.3, 0.4) is 0 Å². The van der Waals surface area contributed by atoms with Gasteiger partial charge in [-0.2, -0.15) is 0 Å². The van der Waals surface area contributed by atoms with Crippen LogP contribution in [0.2, 0.25) is 0 Å². The fourth-order valence-corrected chi connectivity index (χ4v) is 1.97. The molecule has 2 aliphatic heterocycles. The maximum atomic E-state index is 6.03. The highest BCUT2D eigenvalue weighted by Gasteiger charge is 2.58. The number of methoxy groups -OCH3 is 2. The second kappa shape index (κ2) is 3.18. The van der Waals surface area contributed by atoms with Gasteiger partial charge in [0.05, 0.1) is 13.2 Å². The zero-order valence-electron chi connectivity index (χ0n) is 7.86. The van der Waals surface area contributed by atoms with Crippen LogP contribution < -0.4 is 5.73 Å². The van der Waals surface area contributed by atoms with E-state index in [4.69, 9.17) is 24.7 Å². The topological polar surface area (TPSA) is 62.9 Å². The highest BCUT2D eigenvalue weighted by atomic mass is 16.7. The van der Waals surface area contributed by atoms with Crippen LogP contribution >= 0.6 is 0 Å². The molecule has 13 heavy (non-hydrogen) atoms. The minimum atomic E-state index is -0.824. The van der Waals surface area contributed by atoms with E-state index in [1.165, 1.54) is 0 Å². The van der Waals surface area contributed by atoms with Crippen LogP contribution in [0.5, 0.6) is 0 Å². The molecule has 0 amide bonds. The molecule has 0 spiro atoms. The maximum Gasteiger partial charge on any atom is 0.174 e. The van der Waals surface area contributed by atoms with E-state index >= 15 is 0 Å². The van der Waals surface area contributed by atoms with E-state index in [0.717, 1.165) is 0 Å². The Hall–Kier alpha value is -0.200. The van der Waals surface area contributed by atoms with Gasteiger partial charge in [0.25, 0.3) is 0 Å². The van der Waals surface area contributed by atoms with Crippen molar-refractivity contribution in [2.45, 2.75) is 24.0 Å². The fourth-order valence-electron chi connectivity index (χ4n) is 1.97. The molecule has 0 aliphatic carbocycles. The van der Waals surface area contributed by atoms with E-state index in [9.17, 15) is 0 Å². The lowest BCUT2D eigenvalue weighted by molar-refractivity contribution is -0.0858. The third-order valence-corrected chi connectivity index (χ3v) is 2.80. The van der Waals surface area contributed by atoms with Gasteiger partial charge < -0.3 is 18.9 Å². The summed E-state index contributed by atoms with van der Waals surface area (Å²) in [4.78, 5) is 0. The summed E-state index contributed by atoms with van der Waals surface area (Å²) in [6, 6.07) is 0. The van der Waals surface area contributed by atoms with Gasteiger partial charge >= 0.3 is 0 Å². The number of nitrogens with two attached hydrogens (primary N) is 1. The van der Waals surface area contributed by atoms with Crippen LogP contribution in [0.25, 0.3) is 0 Å². The van der Waals surface area contributed by atoms with Crippen LogP contribution in [0.15, 0.2) is 0 Å². The Bertz CT molecular complexity index is 201. The van der Waals surface area contributed by atoms with E-state index in [-0.39, 0.29) is 18.3 Å². The van der Waals surface area contributed by atoms with Crippen LogP contribution in [0, 0.1) is 0 Å². The van der Waals surface area contributed by atoms with Gasteiger partial charge in [0.1, 0.15) is 18.3 Å². The van der Waals surface area contributed by atoms with Crippen LogP contribution in [-0.4, -0.2) is 51.5 Å². The van der Waals surface area contributed by atoms with Gasteiger partial charge in [-0.05, 0) is 0 Å². The lowest BCUT2D eigenvalue weighted by Crippen LogP contribution is -2.55. The van der Waals surface area contributed by atoms with Gasteiger partial charge in [-0.1, -0.05) is 0 Å². The molecule has 2 saturated heterocycles. The van der Waals surface area contributed by atoms with Gasteiger partial charge in [0.2, 0.25) is 0 Å². The Morgan fingerprint density at radius 1 is 1.31 bits per heavy atom. The molecule has 0 aromatic heterocycles. The average Bonchev–Trinajstić information content (AvgIpc) is 2.59. The zero-order valence-corrected chi connectivity index (χ0v) is 7.86. The quantitative estimate of drug-likeness (QED) is 0.610. The third kappa shape index (κ3) is 1.19. The molecular weight excluding hydrogens is 174 g/mol. The summed E-state index contributed by atoms with van der Waals surface area (Å²) in [6.45, 7) is 0.940. The van der Waals surface area contributed by atoms with Crippen LogP contribution in [0.1, 0.15) is 0 Å². The van der Waals surface area contributed by atoms with Crippen molar-refractivity contribution in [3.8, 4) is 0 Å². The Balaban J connectivity index is 2.15. The summed E-state index contributed by atoms with van der Waals surface area (Å²) in [5.41, 5.74) is 5.21. The molecule has 5 nitrogen and oxygen atoms in total. The Kier molecular flexibility index (Phi) is 2.29. The molecule has 5 heteroatoms.